The standard InChI is InChI=1S/C16H14N2.W.Y/c1-12-8-6-7-11-15(12)16(18-13(2)17)14-9-4-3-5-10-14;;/h3-9,11H,1-2H2,(H2,17,18);;/q-4;+2;. The third-order valence-corrected chi connectivity index (χ3v) is 2.49. The first-order valence-electron chi connectivity index (χ1n) is 5.60. The first kappa shape index (κ1) is 19.3. The maximum absolute atomic E-state index is 5.60. The third kappa shape index (κ3) is 5.01. The number of rotatable bonds is 3. The van der Waals surface area contributed by atoms with Crippen LogP contribution in [0.3, 0.4) is 0 Å². The Hall–Kier alpha value is -0.688. The molecule has 0 spiro atoms. The van der Waals surface area contributed by atoms with Gasteiger partial charge in [-0.3, -0.25) is 18.1 Å². The van der Waals surface area contributed by atoms with Gasteiger partial charge in [0.05, 0.1) is 0 Å². The zero-order valence-corrected chi connectivity index (χ0v) is 16.8. The first-order chi connectivity index (χ1) is 8.68. The van der Waals surface area contributed by atoms with Crippen LogP contribution in [-0.2, 0) is 53.8 Å². The van der Waals surface area contributed by atoms with Gasteiger partial charge in [-0.1, -0.05) is 6.07 Å². The van der Waals surface area contributed by atoms with Crippen LogP contribution in [0.15, 0.2) is 53.5 Å². The molecule has 0 aliphatic rings. The van der Waals surface area contributed by atoms with Crippen molar-refractivity contribution >= 4 is 5.84 Å². The average Bonchev–Trinajstić information content (AvgIpc) is 2.38. The SMILES string of the molecule is [CH2-]C(N)=N[C-](c1[c-]cccc1)c1ccccc1[CH2-].[W+2].[Y]. The molecule has 2 N–H and O–H groups in total. The van der Waals surface area contributed by atoms with E-state index in [4.69, 9.17) is 5.73 Å². The Morgan fingerprint density at radius 2 is 1.80 bits per heavy atom. The summed E-state index contributed by atoms with van der Waals surface area (Å²) in [5.41, 5.74) is 8.31. The summed E-state index contributed by atoms with van der Waals surface area (Å²) >= 11 is 0. The van der Waals surface area contributed by atoms with Gasteiger partial charge in [0.15, 0.2) is 0 Å². The van der Waals surface area contributed by atoms with E-state index >= 15 is 0 Å². The summed E-state index contributed by atoms with van der Waals surface area (Å²) in [6, 6.07) is 19.3. The van der Waals surface area contributed by atoms with Gasteiger partial charge in [0.25, 0.3) is 0 Å². The van der Waals surface area contributed by atoms with Crippen LogP contribution in [0.1, 0.15) is 16.7 Å². The topological polar surface area (TPSA) is 38.4 Å². The third-order valence-electron chi connectivity index (χ3n) is 2.49. The molecule has 0 unspecified atom stereocenters. The summed E-state index contributed by atoms with van der Waals surface area (Å²) in [5, 5.41) is 0. The molecule has 0 fully saturated rings. The van der Waals surface area contributed by atoms with E-state index in [1.807, 2.05) is 48.5 Å². The summed E-state index contributed by atoms with van der Waals surface area (Å²) in [4.78, 5) is 4.31. The molecule has 4 heteroatoms. The minimum absolute atomic E-state index is 0. The molecule has 0 atom stereocenters. The van der Waals surface area contributed by atoms with Crippen molar-refractivity contribution in [1.82, 2.24) is 0 Å². The van der Waals surface area contributed by atoms with Gasteiger partial charge in [0, 0.05) is 32.7 Å². The average molecular weight is 507 g/mol. The first-order valence-corrected chi connectivity index (χ1v) is 5.60. The molecule has 0 aromatic heterocycles. The molecular formula is C16H14N2WY-2. The van der Waals surface area contributed by atoms with Crippen LogP contribution in [0.2, 0.25) is 0 Å². The van der Waals surface area contributed by atoms with Crippen LogP contribution < -0.4 is 5.73 Å². The van der Waals surface area contributed by atoms with E-state index in [2.05, 4.69) is 24.9 Å². The largest absolute Gasteiger partial charge is 2.00 e. The van der Waals surface area contributed by atoms with E-state index < -0.39 is 0 Å². The van der Waals surface area contributed by atoms with E-state index in [1.54, 1.807) is 0 Å². The Morgan fingerprint density at radius 3 is 2.35 bits per heavy atom. The van der Waals surface area contributed by atoms with Gasteiger partial charge in [0.1, 0.15) is 0 Å². The molecule has 0 saturated carbocycles. The van der Waals surface area contributed by atoms with Crippen molar-refractivity contribution < 1.29 is 53.8 Å². The number of aliphatic imine (C=N–C) groups is 1. The Bertz CT molecular complexity index is 551. The quantitative estimate of drug-likeness (QED) is 0.388. The fourth-order valence-corrected chi connectivity index (χ4v) is 1.70. The smallest absolute Gasteiger partial charge is 0.463 e. The van der Waals surface area contributed by atoms with Crippen molar-refractivity contribution in [2.75, 3.05) is 0 Å². The molecule has 20 heavy (non-hydrogen) atoms. The molecule has 0 aliphatic carbocycles. The van der Waals surface area contributed by atoms with Crippen LogP contribution in [0.4, 0.5) is 0 Å². The van der Waals surface area contributed by atoms with Crippen molar-refractivity contribution in [1.29, 1.82) is 0 Å². The van der Waals surface area contributed by atoms with Gasteiger partial charge in [0.2, 0.25) is 0 Å². The van der Waals surface area contributed by atoms with Crippen LogP contribution >= 0.6 is 0 Å². The number of nitrogens with zero attached hydrogens (tertiary/aromatic N) is 1. The van der Waals surface area contributed by atoms with E-state index in [9.17, 15) is 0 Å². The summed E-state index contributed by atoms with van der Waals surface area (Å²) < 4.78 is 0. The second-order valence-corrected chi connectivity index (χ2v) is 3.89. The molecule has 1 radical (unpaired) electrons. The molecule has 0 aliphatic heterocycles. The van der Waals surface area contributed by atoms with E-state index in [-0.39, 0.29) is 59.6 Å². The molecule has 2 nitrogen and oxygen atoms in total. The molecule has 2 rings (SSSR count). The van der Waals surface area contributed by atoms with Gasteiger partial charge >= 0.3 is 21.1 Å². The maximum atomic E-state index is 5.60. The molecule has 0 saturated heterocycles. The Balaban J connectivity index is 0.00000180. The fourth-order valence-electron chi connectivity index (χ4n) is 1.70. The van der Waals surface area contributed by atoms with Gasteiger partial charge in [-0.2, -0.15) is 17.7 Å². The zero-order chi connectivity index (χ0) is 13.0. The second-order valence-electron chi connectivity index (χ2n) is 3.89. The fraction of sp³-hybridized carbons (Fsp3) is 0. The van der Waals surface area contributed by atoms with E-state index in [1.165, 1.54) is 0 Å². The van der Waals surface area contributed by atoms with Crippen LogP contribution in [0.25, 0.3) is 0 Å². The van der Waals surface area contributed by atoms with E-state index in [0.717, 1.165) is 22.7 Å². The van der Waals surface area contributed by atoms with Crippen molar-refractivity contribution in [2.45, 2.75) is 0 Å². The monoisotopic (exact) mass is 507 g/mol. The summed E-state index contributed by atoms with van der Waals surface area (Å²) in [5.74, 6) is 0.269. The van der Waals surface area contributed by atoms with Crippen LogP contribution in [0, 0.1) is 26.0 Å². The Morgan fingerprint density at radius 1 is 1.15 bits per heavy atom. The van der Waals surface area contributed by atoms with Crippen molar-refractivity contribution in [3.8, 4) is 0 Å². The summed E-state index contributed by atoms with van der Waals surface area (Å²) in [7, 11) is 0. The predicted octanol–water partition coefficient (Wildman–Crippen LogP) is 2.78. The summed E-state index contributed by atoms with van der Waals surface area (Å²) in [6.45, 7) is 7.64. The van der Waals surface area contributed by atoms with Crippen molar-refractivity contribution in [3.63, 3.8) is 0 Å². The number of hydrogen-bond acceptors (Lipinski definition) is 1. The molecule has 0 bridgehead atoms. The molecule has 0 heterocycles. The second kappa shape index (κ2) is 9.29. The van der Waals surface area contributed by atoms with Gasteiger partial charge in [-0.25, -0.2) is 12.1 Å². The Labute approximate surface area is 160 Å². The number of amidine groups is 1. The van der Waals surface area contributed by atoms with Gasteiger partial charge in [-0.05, 0) is 0 Å². The van der Waals surface area contributed by atoms with Crippen LogP contribution in [-0.4, -0.2) is 5.84 Å². The Kier molecular flexibility index (Phi) is 8.97. The minimum atomic E-state index is 0. The van der Waals surface area contributed by atoms with Crippen molar-refractivity contribution in [2.24, 2.45) is 10.7 Å². The number of nitrogens with two attached hydrogens (primary N) is 1. The number of benzene rings is 2. The van der Waals surface area contributed by atoms with Gasteiger partial charge in [-0.15, -0.1) is 36.1 Å². The van der Waals surface area contributed by atoms with Crippen molar-refractivity contribution in [3.05, 3.63) is 91.2 Å². The van der Waals surface area contributed by atoms with E-state index in [0.29, 0.717) is 0 Å². The normalized spacial score (nSPS) is 10.1. The molecule has 0 amide bonds. The van der Waals surface area contributed by atoms with Crippen LogP contribution in [0.5, 0.6) is 0 Å². The molecule has 2 aromatic carbocycles. The van der Waals surface area contributed by atoms with Gasteiger partial charge < -0.3 is 17.6 Å². The summed E-state index contributed by atoms with van der Waals surface area (Å²) in [6.07, 6.45) is 0. The predicted molar refractivity (Wildman–Crippen MR) is 74.6 cm³/mol. The maximum Gasteiger partial charge on any atom is 2.00 e. The molecule has 2 aromatic rings. The molecular weight excluding hydrogens is 493 g/mol. The molecule has 99 valence electrons. The zero-order valence-electron chi connectivity index (χ0n) is 11.0. The number of hydrogen-bond donors (Lipinski definition) is 1. The minimum Gasteiger partial charge on any atom is -0.463 e.